The highest BCUT2D eigenvalue weighted by Crippen LogP contribution is 2.16. The molecular formula is C11H25NO. The van der Waals surface area contributed by atoms with Gasteiger partial charge < -0.3 is 10.4 Å². The Labute approximate surface area is 82.7 Å². The predicted octanol–water partition coefficient (Wildman–Crippen LogP) is 2.03. The molecule has 0 radical (unpaired) electrons. The zero-order valence-electron chi connectivity index (χ0n) is 9.72. The minimum atomic E-state index is -0.208. The number of hydrogen-bond acceptors (Lipinski definition) is 2. The van der Waals surface area contributed by atoms with E-state index in [4.69, 9.17) is 0 Å². The standard InChI is InChI=1S/C11H25NO/c1-9(2)10(13)8-12-7-6-11(3,4)5/h9-10,12-13H,6-8H2,1-5H3. The fourth-order valence-electron chi connectivity index (χ4n) is 0.949. The summed E-state index contributed by atoms with van der Waals surface area (Å²) in [5.74, 6) is 0.349. The van der Waals surface area contributed by atoms with E-state index < -0.39 is 0 Å². The van der Waals surface area contributed by atoms with E-state index in [0.717, 1.165) is 13.0 Å². The van der Waals surface area contributed by atoms with Crippen LogP contribution in [0.1, 0.15) is 41.0 Å². The second-order valence-electron chi connectivity index (χ2n) is 5.33. The number of aliphatic hydroxyl groups is 1. The molecule has 0 aromatic heterocycles. The molecule has 1 atom stereocenters. The number of hydrogen-bond donors (Lipinski definition) is 2. The van der Waals surface area contributed by atoms with Gasteiger partial charge in [0, 0.05) is 6.54 Å². The van der Waals surface area contributed by atoms with Crippen molar-refractivity contribution in [3.63, 3.8) is 0 Å². The quantitative estimate of drug-likeness (QED) is 0.645. The minimum Gasteiger partial charge on any atom is -0.392 e. The second-order valence-corrected chi connectivity index (χ2v) is 5.33. The molecule has 2 heteroatoms. The molecule has 2 N–H and O–H groups in total. The molecule has 2 nitrogen and oxygen atoms in total. The third kappa shape index (κ3) is 8.26. The van der Waals surface area contributed by atoms with Gasteiger partial charge >= 0.3 is 0 Å². The summed E-state index contributed by atoms with van der Waals surface area (Å²) in [5, 5.41) is 12.8. The minimum absolute atomic E-state index is 0.208. The Kier molecular flexibility index (Phi) is 5.57. The third-order valence-electron chi connectivity index (χ3n) is 2.17. The largest absolute Gasteiger partial charge is 0.392 e. The lowest BCUT2D eigenvalue weighted by Gasteiger charge is -2.20. The van der Waals surface area contributed by atoms with Crippen molar-refractivity contribution in [1.29, 1.82) is 0 Å². The van der Waals surface area contributed by atoms with Crippen molar-refractivity contribution in [3.8, 4) is 0 Å². The maximum Gasteiger partial charge on any atom is 0.0687 e. The summed E-state index contributed by atoms with van der Waals surface area (Å²) in [5.41, 5.74) is 0.385. The van der Waals surface area contributed by atoms with E-state index in [1.165, 1.54) is 0 Å². The van der Waals surface area contributed by atoms with E-state index >= 15 is 0 Å². The van der Waals surface area contributed by atoms with Crippen LogP contribution >= 0.6 is 0 Å². The molecule has 0 amide bonds. The maximum atomic E-state index is 9.49. The van der Waals surface area contributed by atoms with Crippen molar-refractivity contribution in [1.82, 2.24) is 5.32 Å². The summed E-state index contributed by atoms with van der Waals surface area (Å²) in [6.45, 7) is 12.5. The summed E-state index contributed by atoms with van der Waals surface area (Å²) in [7, 11) is 0. The van der Waals surface area contributed by atoms with Crippen LogP contribution in [0.5, 0.6) is 0 Å². The average Bonchev–Trinajstić information content (AvgIpc) is 1.95. The van der Waals surface area contributed by atoms with Crippen LogP contribution in [0, 0.1) is 11.3 Å². The van der Waals surface area contributed by atoms with Gasteiger partial charge in [0.05, 0.1) is 6.10 Å². The predicted molar refractivity (Wildman–Crippen MR) is 57.8 cm³/mol. The first kappa shape index (κ1) is 12.9. The molecule has 0 heterocycles. The molecule has 0 fully saturated rings. The van der Waals surface area contributed by atoms with Crippen molar-refractivity contribution in [2.24, 2.45) is 11.3 Å². The van der Waals surface area contributed by atoms with Crippen molar-refractivity contribution in [2.45, 2.75) is 47.1 Å². The summed E-state index contributed by atoms with van der Waals surface area (Å²) in [4.78, 5) is 0. The van der Waals surface area contributed by atoms with Gasteiger partial charge in [0.1, 0.15) is 0 Å². The zero-order chi connectivity index (χ0) is 10.5. The first-order valence-corrected chi connectivity index (χ1v) is 5.22. The van der Waals surface area contributed by atoms with Crippen LogP contribution in [0.4, 0.5) is 0 Å². The number of nitrogens with one attached hydrogen (secondary N) is 1. The van der Waals surface area contributed by atoms with Crippen LogP contribution in [0.25, 0.3) is 0 Å². The highest BCUT2D eigenvalue weighted by molar-refractivity contribution is 4.66. The first-order valence-electron chi connectivity index (χ1n) is 5.22. The van der Waals surface area contributed by atoms with Gasteiger partial charge in [0.15, 0.2) is 0 Å². The Morgan fingerprint density at radius 3 is 2.15 bits per heavy atom. The van der Waals surface area contributed by atoms with Gasteiger partial charge in [-0.1, -0.05) is 34.6 Å². The van der Waals surface area contributed by atoms with Gasteiger partial charge in [-0.25, -0.2) is 0 Å². The van der Waals surface area contributed by atoms with Crippen LogP contribution in [-0.2, 0) is 0 Å². The van der Waals surface area contributed by atoms with Gasteiger partial charge in [-0.2, -0.15) is 0 Å². The maximum absolute atomic E-state index is 9.49. The molecule has 0 rings (SSSR count). The molecule has 0 aromatic rings. The van der Waals surface area contributed by atoms with Crippen LogP contribution in [0.3, 0.4) is 0 Å². The Hall–Kier alpha value is -0.0800. The molecule has 0 aliphatic rings. The molecule has 0 saturated carbocycles. The Balaban J connectivity index is 3.36. The molecule has 0 bridgehead atoms. The Bertz CT molecular complexity index is 127. The first-order chi connectivity index (χ1) is 5.83. The highest BCUT2D eigenvalue weighted by atomic mass is 16.3. The fourth-order valence-corrected chi connectivity index (χ4v) is 0.949. The Morgan fingerprint density at radius 1 is 1.23 bits per heavy atom. The third-order valence-corrected chi connectivity index (χ3v) is 2.17. The molecule has 0 aliphatic heterocycles. The lowest BCUT2D eigenvalue weighted by molar-refractivity contribution is 0.122. The molecule has 80 valence electrons. The van der Waals surface area contributed by atoms with Gasteiger partial charge in [0.2, 0.25) is 0 Å². The summed E-state index contributed by atoms with van der Waals surface area (Å²) < 4.78 is 0. The van der Waals surface area contributed by atoms with E-state index in [2.05, 4.69) is 26.1 Å². The molecular weight excluding hydrogens is 162 g/mol. The van der Waals surface area contributed by atoms with Crippen molar-refractivity contribution in [3.05, 3.63) is 0 Å². The molecule has 0 saturated heterocycles. The monoisotopic (exact) mass is 187 g/mol. The van der Waals surface area contributed by atoms with Crippen LogP contribution in [0.2, 0.25) is 0 Å². The molecule has 0 spiro atoms. The average molecular weight is 187 g/mol. The number of rotatable bonds is 5. The fraction of sp³-hybridized carbons (Fsp3) is 1.00. The highest BCUT2D eigenvalue weighted by Gasteiger charge is 2.11. The normalized spacial score (nSPS) is 15.0. The zero-order valence-corrected chi connectivity index (χ0v) is 9.72. The van der Waals surface area contributed by atoms with E-state index in [-0.39, 0.29) is 6.10 Å². The Morgan fingerprint density at radius 2 is 1.77 bits per heavy atom. The van der Waals surface area contributed by atoms with Crippen LogP contribution < -0.4 is 5.32 Å². The molecule has 1 unspecified atom stereocenters. The lowest BCUT2D eigenvalue weighted by atomic mass is 9.92. The molecule has 13 heavy (non-hydrogen) atoms. The van der Waals surface area contributed by atoms with Crippen molar-refractivity contribution >= 4 is 0 Å². The van der Waals surface area contributed by atoms with Crippen LogP contribution in [0.15, 0.2) is 0 Å². The van der Waals surface area contributed by atoms with E-state index in [1.54, 1.807) is 0 Å². The molecule has 0 aromatic carbocycles. The van der Waals surface area contributed by atoms with Crippen LogP contribution in [-0.4, -0.2) is 24.3 Å². The topological polar surface area (TPSA) is 32.3 Å². The van der Waals surface area contributed by atoms with Gasteiger partial charge in [0.25, 0.3) is 0 Å². The second kappa shape index (κ2) is 5.61. The van der Waals surface area contributed by atoms with E-state index in [1.807, 2.05) is 13.8 Å². The van der Waals surface area contributed by atoms with Gasteiger partial charge in [-0.15, -0.1) is 0 Å². The summed E-state index contributed by atoms with van der Waals surface area (Å²) in [6.07, 6.45) is 0.942. The van der Waals surface area contributed by atoms with Gasteiger partial charge in [-0.05, 0) is 24.3 Å². The van der Waals surface area contributed by atoms with Crippen molar-refractivity contribution in [2.75, 3.05) is 13.1 Å². The van der Waals surface area contributed by atoms with E-state index in [0.29, 0.717) is 17.9 Å². The SMILES string of the molecule is CC(C)C(O)CNCCC(C)(C)C. The number of aliphatic hydroxyl groups excluding tert-OH is 1. The lowest BCUT2D eigenvalue weighted by Crippen LogP contribution is -2.32. The van der Waals surface area contributed by atoms with Gasteiger partial charge in [-0.3, -0.25) is 0 Å². The van der Waals surface area contributed by atoms with E-state index in [9.17, 15) is 5.11 Å². The summed E-state index contributed by atoms with van der Waals surface area (Å²) >= 11 is 0. The molecule has 0 aliphatic carbocycles. The summed E-state index contributed by atoms with van der Waals surface area (Å²) in [6, 6.07) is 0. The smallest absolute Gasteiger partial charge is 0.0687 e. The van der Waals surface area contributed by atoms with Crippen molar-refractivity contribution < 1.29 is 5.11 Å².